The van der Waals surface area contributed by atoms with Crippen molar-refractivity contribution in [3.05, 3.63) is 0 Å². The fourth-order valence-electron chi connectivity index (χ4n) is 1.62. The van der Waals surface area contributed by atoms with Gasteiger partial charge in [0.1, 0.15) is 0 Å². The van der Waals surface area contributed by atoms with Gasteiger partial charge in [-0.3, -0.25) is 0 Å². The normalized spacial score (nSPS) is 34.8. The van der Waals surface area contributed by atoms with Crippen LogP contribution in [0.25, 0.3) is 0 Å². The summed E-state index contributed by atoms with van der Waals surface area (Å²) in [6, 6.07) is 1.27. The van der Waals surface area contributed by atoms with Gasteiger partial charge in [0.2, 0.25) is 0 Å². The third-order valence-electron chi connectivity index (χ3n) is 2.47. The van der Waals surface area contributed by atoms with Gasteiger partial charge >= 0.3 is 0 Å². The van der Waals surface area contributed by atoms with Crippen molar-refractivity contribution >= 4 is 0 Å². The van der Waals surface area contributed by atoms with E-state index in [-0.39, 0.29) is 1.43 Å². The molecule has 2 N–H and O–H groups in total. The smallest absolute Gasteiger partial charge is 0.00903 e. The Bertz CT molecular complexity index is 98.3. The molecule has 0 atom stereocenters. The summed E-state index contributed by atoms with van der Waals surface area (Å²) in [5.74, 6) is 0. The zero-order valence-corrected chi connectivity index (χ0v) is 7.01. The van der Waals surface area contributed by atoms with Crippen LogP contribution in [-0.2, 0) is 0 Å². The molecule has 62 valence electrons. The Hall–Kier alpha value is -0.0800. The largest absolute Gasteiger partial charge is 0.328 e. The highest BCUT2D eigenvalue weighted by molar-refractivity contribution is 4.78. The lowest BCUT2D eigenvalue weighted by Crippen LogP contribution is -2.36. The Morgan fingerprint density at radius 2 is 1.70 bits per heavy atom. The molecule has 0 amide bonds. The van der Waals surface area contributed by atoms with Gasteiger partial charge in [-0.15, -0.1) is 0 Å². The first-order valence-corrected chi connectivity index (χ1v) is 4.12. The van der Waals surface area contributed by atoms with Crippen LogP contribution in [0, 0.1) is 0 Å². The van der Waals surface area contributed by atoms with Crippen LogP contribution < -0.4 is 5.73 Å². The summed E-state index contributed by atoms with van der Waals surface area (Å²) in [6.07, 6.45) is 4.99. The van der Waals surface area contributed by atoms with Crippen LogP contribution in [0.2, 0.25) is 0 Å². The van der Waals surface area contributed by atoms with E-state index in [0.29, 0.717) is 6.04 Å². The van der Waals surface area contributed by atoms with E-state index in [2.05, 4.69) is 19.0 Å². The van der Waals surface area contributed by atoms with Gasteiger partial charge in [-0.05, 0) is 39.8 Å². The molecule has 0 saturated heterocycles. The van der Waals surface area contributed by atoms with Crippen molar-refractivity contribution in [3.8, 4) is 0 Å². The maximum absolute atomic E-state index is 5.78. The van der Waals surface area contributed by atoms with Gasteiger partial charge in [0.25, 0.3) is 0 Å². The molecule has 0 spiro atoms. The van der Waals surface area contributed by atoms with E-state index in [9.17, 15) is 0 Å². The molecule has 0 unspecified atom stereocenters. The number of rotatable bonds is 1. The quantitative estimate of drug-likeness (QED) is 0.596. The minimum Gasteiger partial charge on any atom is -0.328 e. The second-order valence-electron chi connectivity index (χ2n) is 3.53. The van der Waals surface area contributed by atoms with Crippen molar-refractivity contribution in [2.45, 2.75) is 37.8 Å². The summed E-state index contributed by atoms with van der Waals surface area (Å²) < 4.78 is 0. The third-order valence-corrected chi connectivity index (χ3v) is 2.47. The molecule has 0 radical (unpaired) electrons. The molecular formula is C8H20N2. The first kappa shape index (κ1) is 8.02. The second kappa shape index (κ2) is 3.35. The number of nitrogens with two attached hydrogens (primary N) is 1. The summed E-state index contributed by atoms with van der Waals surface area (Å²) in [4.78, 5) is 2.31. The molecule has 0 heterocycles. The van der Waals surface area contributed by atoms with Crippen molar-refractivity contribution in [1.29, 1.82) is 0 Å². The first-order valence-electron chi connectivity index (χ1n) is 4.12. The average molecular weight is 144 g/mol. The molecule has 0 bridgehead atoms. The van der Waals surface area contributed by atoms with Gasteiger partial charge < -0.3 is 10.6 Å². The van der Waals surface area contributed by atoms with E-state index in [0.717, 1.165) is 6.04 Å². The maximum Gasteiger partial charge on any atom is 0.00903 e. The topological polar surface area (TPSA) is 29.3 Å². The maximum atomic E-state index is 5.78. The molecule has 0 aromatic carbocycles. The van der Waals surface area contributed by atoms with Gasteiger partial charge in [0, 0.05) is 13.5 Å². The van der Waals surface area contributed by atoms with E-state index in [1.54, 1.807) is 0 Å². The van der Waals surface area contributed by atoms with E-state index in [1.165, 1.54) is 25.7 Å². The van der Waals surface area contributed by atoms with Crippen LogP contribution in [0.3, 0.4) is 0 Å². The van der Waals surface area contributed by atoms with E-state index in [4.69, 9.17) is 5.73 Å². The molecule has 0 aliphatic heterocycles. The Kier molecular flexibility index (Phi) is 2.69. The second-order valence-corrected chi connectivity index (χ2v) is 3.53. The highest BCUT2D eigenvalue weighted by Gasteiger charge is 2.19. The van der Waals surface area contributed by atoms with Gasteiger partial charge in [0.05, 0.1) is 0 Å². The fourth-order valence-corrected chi connectivity index (χ4v) is 1.62. The molecule has 1 fully saturated rings. The molecule has 1 aliphatic carbocycles. The first-order chi connectivity index (χ1) is 4.70. The Morgan fingerprint density at radius 3 is 2.10 bits per heavy atom. The van der Waals surface area contributed by atoms with Gasteiger partial charge in [-0.25, -0.2) is 0 Å². The summed E-state index contributed by atoms with van der Waals surface area (Å²) in [5.41, 5.74) is 5.78. The zero-order chi connectivity index (χ0) is 7.56. The fraction of sp³-hybridized carbons (Fsp3) is 1.00. The standard InChI is InChI=1S/C8H18N2.H2/c1-10(2)8-5-3-7(9)4-6-8;/h7-8H,3-6,9H2,1-2H3;1H. The Labute approximate surface area is 64.9 Å². The number of hydrogen-bond acceptors (Lipinski definition) is 2. The van der Waals surface area contributed by atoms with Crippen LogP contribution in [0.4, 0.5) is 0 Å². The average Bonchev–Trinajstić information content (AvgIpc) is 1.88. The molecule has 0 aromatic heterocycles. The molecular weight excluding hydrogens is 124 g/mol. The van der Waals surface area contributed by atoms with Crippen molar-refractivity contribution in [2.75, 3.05) is 14.1 Å². The molecule has 1 saturated carbocycles. The van der Waals surface area contributed by atoms with Gasteiger partial charge in [-0.1, -0.05) is 0 Å². The van der Waals surface area contributed by atoms with Crippen molar-refractivity contribution in [2.24, 2.45) is 5.73 Å². The lowest BCUT2D eigenvalue weighted by atomic mass is 9.91. The molecule has 2 nitrogen and oxygen atoms in total. The minimum atomic E-state index is 0. The molecule has 10 heavy (non-hydrogen) atoms. The Balaban J connectivity index is 0.000001000. The third kappa shape index (κ3) is 1.96. The SMILES string of the molecule is CN(C)C1CCC(N)CC1.[HH]. The molecule has 2 heteroatoms. The molecule has 0 aromatic rings. The van der Waals surface area contributed by atoms with Crippen LogP contribution in [-0.4, -0.2) is 31.1 Å². The molecule has 1 rings (SSSR count). The zero-order valence-electron chi connectivity index (χ0n) is 7.01. The summed E-state index contributed by atoms with van der Waals surface area (Å²) in [6.45, 7) is 0. The predicted molar refractivity (Wildman–Crippen MR) is 46.0 cm³/mol. The van der Waals surface area contributed by atoms with Gasteiger partial charge in [0.15, 0.2) is 0 Å². The van der Waals surface area contributed by atoms with Crippen LogP contribution in [0.1, 0.15) is 27.1 Å². The highest BCUT2D eigenvalue weighted by Crippen LogP contribution is 2.19. The van der Waals surface area contributed by atoms with Crippen LogP contribution in [0.5, 0.6) is 0 Å². The van der Waals surface area contributed by atoms with E-state index >= 15 is 0 Å². The summed E-state index contributed by atoms with van der Waals surface area (Å²) in [5, 5.41) is 0. The minimum absolute atomic E-state index is 0. The summed E-state index contributed by atoms with van der Waals surface area (Å²) >= 11 is 0. The number of nitrogens with zero attached hydrogens (tertiary/aromatic N) is 1. The van der Waals surface area contributed by atoms with Crippen molar-refractivity contribution in [1.82, 2.24) is 4.90 Å². The lowest BCUT2D eigenvalue weighted by Gasteiger charge is -2.30. The molecule has 1 aliphatic rings. The van der Waals surface area contributed by atoms with Gasteiger partial charge in [-0.2, -0.15) is 0 Å². The van der Waals surface area contributed by atoms with Crippen LogP contribution >= 0.6 is 0 Å². The van der Waals surface area contributed by atoms with E-state index in [1.807, 2.05) is 0 Å². The monoisotopic (exact) mass is 144 g/mol. The Morgan fingerprint density at radius 1 is 1.20 bits per heavy atom. The highest BCUT2D eigenvalue weighted by atomic mass is 15.1. The van der Waals surface area contributed by atoms with Crippen molar-refractivity contribution in [3.63, 3.8) is 0 Å². The predicted octanol–water partition coefficient (Wildman–Crippen LogP) is 1.06. The van der Waals surface area contributed by atoms with E-state index < -0.39 is 0 Å². The van der Waals surface area contributed by atoms with Crippen molar-refractivity contribution < 1.29 is 1.43 Å². The summed E-state index contributed by atoms with van der Waals surface area (Å²) in [7, 11) is 4.31. The number of hydrogen-bond donors (Lipinski definition) is 1. The van der Waals surface area contributed by atoms with Crippen LogP contribution in [0.15, 0.2) is 0 Å². The lowest BCUT2D eigenvalue weighted by molar-refractivity contribution is 0.217.